The Morgan fingerprint density at radius 1 is 0.300 bits per heavy atom. The van der Waals surface area contributed by atoms with Gasteiger partial charge in [0.2, 0.25) is 0 Å². The van der Waals surface area contributed by atoms with Crippen LogP contribution in [0.15, 0.2) is 60.8 Å². The zero-order valence-electron chi connectivity index (χ0n) is 46.5. The maximum Gasteiger partial charge on any atom is 0.306 e. The molecule has 0 rings (SSSR count). The molecule has 0 aliphatic carbocycles. The van der Waals surface area contributed by atoms with E-state index in [1.165, 1.54) is 180 Å². The van der Waals surface area contributed by atoms with Crippen molar-refractivity contribution in [3.05, 3.63) is 60.8 Å². The lowest BCUT2D eigenvalue weighted by molar-refractivity contribution is -0.167. The van der Waals surface area contributed by atoms with Gasteiger partial charge in [0.1, 0.15) is 13.2 Å². The fourth-order valence-electron chi connectivity index (χ4n) is 8.72. The van der Waals surface area contributed by atoms with Gasteiger partial charge < -0.3 is 14.2 Å². The molecule has 1 atom stereocenters. The van der Waals surface area contributed by atoms with Crippen molar-refractivity contribution in [2.45, 2.75) is 316 Å². The Kier molecular flexibility index (Phi) is 56.3. The van der Waals surface area contributed by atoms with Gasteiger partial charge in [0.25, 0.3) is 0 Å². The van der Waals surface area contributed by atoms with Crippen LogP contribution >= 0.6 is 0 Å². The predicted octanol–water partition coefficient (Wildman–Crippen LogP) is 20.4. The molecule has 6 nitrogen and oxygen atoms in total. The van der Waals surface area contributed by atoms with Crippen LogP contribution in [0.2, 0.25) is 0 Å². The zero-order chi connectivity index (χ0) is 50.7. The Hall–Kier alpha value is -2.89. The van der Waals surface area contributed by atoms with Crippen LogP contribution in [0.25, 0.3) is 0 Å². The van der Waals surface area contributed by atoms with Crippen molar-refractivity contribution in [3.63, 3.8) is 0 Å². The number of rotatable bonds is 55. The summed E-state index contributed by atoms with van der Waals surface area (Å²) in [5, 5.41) is 0. The molecule has 0 aliphatic heterocycles. The lowest BCUT2D eigenvalue weighted by Gasteiger charge is -2.18. The van der Waals surface area contributed by atoms with Gasteiger partial charge in [-0.1, -0.05) is 268 Å². The number of esters is 3. The summed E-state index contributed by atoms with van der Waals surface area (Å²) in [4.78, 5) is 38.1. The molecule has 0 bridgehead atoms. The lowest BCUT2D eigenvalue weighted by Crippen LogP contribution is -2.30. The highest BCUT2D eigenvalue weighted by Crippen LogP contribution is 2.17. The first kappa shape index (κ1) is 67.1. The molecular weight excluding hydrogens is 865 g/mol. The van der Waals surface area contributed by atoms with E-state index in [9.17, 15) is 14.4 Å². The van der Waals surface area contributed by atoms with Gasteiger partial charge in [-0.25, -0.2) is 0 Å². The molecule has 70 heavy (non-hydrogen) atoms. The van der Waals surface area contributed by atoms with Crippen LogP contribution in [-0.4, -0.2) is 37.2 Å². The molecule has 0 radical (unpaired) electrons. The van der Waals surface area contributed by atoms with Crippen molar-refractivity contribution in [3.8, 4) is 0 Å². The first-order valence-corrected chi connectivity index (χ1v) is 30.3. The van der Waals surface area contributed by atoms with Gasteiger partial charge in [-0.3, -0.25) is 14.4 Å². The maximum absolute atomic E-state index is 12.8. The molecule has 0 aromatic carbocycles. The summed E-state index contributed by atoms with van der Waals surface area (Å²) in [5.41, 5.74) is 0. The van der Waals surface area contributed by atoms with Crippen molar-refractivity contribution < 1.29 is 28.6 Å². The monoisotopic (exact) mass is 979 g/mol. The predicted molar refractivity (Wildman–Crippen MR) is 302 cm³/mol. The van der Waals surface area contributed by atoms with E-state index in [4.69, 9.17) is 14.2 Å². The third-order valence-corrected chi connectivity index (χ3v) is 13.3. The number of hydrogen-bond acceptors (Lipinski definition) is 6. The van der Waals surface area contributed by atoms with Crippen molar-refractivity contribution >= 4 is 17.9 Å². The quantitative estimate of drug-likeness (QED) is 0.0261. The summed E-state index contributed by atoms with van der Waals surface area (Å²) in [6.45, 7) is 6.50. The fourth-order valence-corrected chi connectivity index (χ4v) is 8.72. The van der Waals surface area contributed by atoms with E-state index in [-0.39, 0.29) is 37.5 Å². The number of ether oxygens (including phenoxy) is 3. The third kappa shape index (κ3) is 56.0. The van der Waals surface area contributed by atoms with E-state index in [1.807, 2.05) is 0 Å². The lowest BCUT2D eigenvalue weighted by atomic mass is 10.0. The van der Waals surface area contributed by atoms with Crippen LogP contribution in [0.1, 0.15) is 310 Å². The van der Waals surface area contributed by atoms with Crippen LogP contribution < -0.4 is 0 Å². The first-order chi connectivity index (χ1) is 34.5. The smallest absolute Gasteiger partial charge is 0.306 e. The van der Waals surface area contributed by atoms with Crippen molar-refractivity contribution in [2.75, 3.05) is 13.2 Å². The van der Waals surface area contributed by atoms with Crippen molar-refractivity contribution in [2.24, 2.45) is 0 Å². The minimum atomic E-state index is -0.798. The summed E-state index contributed by atoms with van der Waals surface area (Å²) in [6.07, 6.45) is 73.8. The molecule has 0 spiro atoms. The molecule has 0 heterocycles. The second-order valence-corrected chi connectivity index (χ2v) is 20.2. The van der Waals surface area contributed by atoms with Crippen LogP contribution in [0.3, 0.4) is 0 Å². The summed E-state index contributed by atoms with van der Waals surface area (Å²) >= 11 is 0. The number of hydrogen-bond donors (Lipinski definition) is 0. The van der Waals surface area contributed by atoms with Crippen LogP contribution in [0.5, 0.6) is 0 Å². The van der Waals surface area contributed by atoms with Crippen LogP contribution in [-0.2, 0) is 28.6 Å². The van der Waals surface area contributed by atoms with E-state index in [2.05, 4.69) is 81.5 Å². The van der Waals surface area contributed by atoms with E-state index >= 15 is 0 Å². The van der Waals surface area contributed by atoms with Gasteiger partial charge in [0.15, 0.2) is 6.10 Å². The molecule has 0 amide bonds. The molecule has 0 fully saturated rings. The SMILES string of the molecule is CC/C=C\C/C=C\C/C=C\C/C=C\CCCCC(=O)OC(COC(=O)CCCCCCC/C=C\CCCCCC)COC(=O)CCCCCCCCCCCCCCCCCCCCCCCCCC. The molecule has 0 N–H and O–H groups in total. The third-order valence-electron chi connectivity index (χ3n) is 13.3. The van der Waals surface area contributed by atoms with Gasteiger partial charge >= 0.3 is 17.9 Å². The fraction of sp³-hybridized carbons (Fsp3) is 0.797. The van der Waals surface area contributed by atoms with E-state index < -0.39 is 6.10 Å². The number of unbranched alkanes of at least 4 members (excludes halogenated alkanes) is 34. The van der Waals surface area contributed by atoms with Crippen molar-refractivity contribution in [1.29, 1.82) is 0 Å². The zero-order valence-corrected chi connectivity index (χ0v) is 46.5. The summed E-state index contributed by atoms with van der Waals surface area (Å²) < 4.78 is 16.8. The summed E-state index contributed by atoms with van der Waals surface area (Å²) in [6, 6.07) is 0. The normalized spacial score (nSPS) is 12.4. The average Bonchev–Trinajstić information content (AvgIpc) is 3.36. The number of carbonyl (C=O) groups is 3. The minimum Gasteiger partial charge on any atom is -0.462 e. The Labute approximate surface area is 434 Å². The van der Waals surface area contributed by atoms with Crippen molar-refractivity contribution in [1.82, 2.24) is 0 Å². The van der Waals surface area contributed by atoms with Gasteiger partial charge in [0.05, 0.1) is 0 Å². The minimum absolute atomic E-state index is 0.0909. The van der Waals surface area contributed by atoms with E-state index in [1.54, 1.807) is 0 Å². The average molecular weight is 980 g/mol. The molecule has 1 unspecified atom stereocenters. The second-order valence-electron chi connectivity index (χ2n) is 20.2. The Morgan fingerprint density at radius 2 is 0.557 bits per heavy atom. The molecule has 0 saturated carbocycles. The Balaban J connectivity index is 4.29. The van der Waals surface area contributed by atoms with Gasteiger partial charge in [-0.2, -0.15) is 0 Å². The Morgan fingerprint density at radius 3 is 0.929 bits per heavy atom. The topological polar surface area (TPSA) is 78.9 Å². The molecule has 6 heteroatoms. The molecular formula is C64H114O6. The highest BCUT2D eigenvalue weighted by molar-refractivity contribution is 5.71. The van der Waals surface area contributed by atoms with E-state index in [0.717, 1.165) is 83.5 Å². The summed E-state index contributed by atoms with van der Waals surface area (Å²) in [5.74, 6) is -0.929. The highest BCUT2D eigenvalue weighted by atomic mass is 16.6. The highest BCUT2D eigenvalue weighted by Gasteiger charge is 2.19. The molecule has 0 saturated heterocycles. The van der Waals surface area contributed by atoms with Crippen LogP contribution in [0.4, 0.5) is 0 Å². The molecule has 0 aromatic rings. The Bertz CT molecular complexity index is 1260. The largest absolute Gasteiger partial charge is 0.462 e. The molecule has 406 valence electrons. The van der Waals surface area contributed by atoms with Crippen LogP contribution in [0, 0.1) is 0 Å². The van der Waals surface area contributed by atoms with Gasteiger partial charge in [0, 0.05) is 19.3 Å². The summed E-state index contributed by atoms with van der Waals surface area (Å²) in [7, 11) is 0. The number of allylic oxidation sites excluding steroid dienone is 10. The standard InChI is InChI=1S/C64H114O6/c1-4-7-10-13-16-19-22-25-27-28-29-30-31-32-33-34-35-37-39-42-45-48-51-54-57-63(66)69-60-61(59-68-62(65)56-53-50-47-44-41-38-24-21-18-15-12-9-6-3)70-64(67)58-55-52-49-46-43-40-36-26-23-20-17-14-11-8-5-2/h8,11,17,20-21,24,26,36,43,46,61H,4-7,9-10,12-16,18-19,22-23,25,27-35,37-42,44-45,47-60H2,1-3H3/b11-8-,20-17-,24-21-,36-26-,46-43-. The second kappa shape index (κ2) is 58.7. The van der Waals surface area contributed by atoms with E-state index in [0.29, 0.717) is 19.3 Å². The van der Waals surface area contributed by atoms with Gasteiger partial charge in [-0.05, 0) is 83.5 Å². The van der Waals surface area contributed by atoms with Gasteiger partial charge in [-0.15, -0.1) is 0 Å². The first-order valence-electron chi connectivity index (χ1n) is 30.3. The number of carbonyl (C=O) groups excluding carboxylic acids is 3. The maximum atomic E-state index is 12.8. The molecule has 0 aromatic heterocycles. The molecule has 0 aliphatic rings.